The van der Waals surface area contributed by atoms with Crippen LogP contribution in [0.5, 0.6) is 5.75 Å². The van der Waals surface area contributed by atoms with E-state index in [4.69, 9.17) is 4.74 Å². The summed E-state index contributed by atoms with van der Waals surface area (Å²) in [5, 5.41) is 3.27. The molecular weight excluding hydrogens is 261 g/mol. The maximum Gasteiger partial charge on any atom is 0.346 e. The first-order valence-corrected chi connectivity index (χ1v) is 6.50. The molecule has 4 nitrogen and oxygen atoms in total. The second-order valence-corrected chi connectivity index (χ2v) is 5.68. The number of carbonyl (C=O) groups is 1. The van der Waals surface area contributed by atoms with Gasteiger partial charge in [-0.2, -0.15) is 0 Å². The second-order valence-electron chi connectivity index (χ2n) is 5.68. The molecule has 1 N–H and O–H groups in total. The van der Waals surface area contributed by atoms with Gasteiger partial charge in [0, 0.05) is 18.2 Å². The third kappa shape index (κ3) is 5.57. The largest absolute Gasteiger partial charge is 0.479 e. The number of rotatable bonds is 5. The zero-order valence-electron chi connectivity index (χ0n) is 12.6. The Morgan fingerprint density at radius 1 is 1.35 bits per heavy atom. The highest BCUT2D eigenvalue weighted by molar-refractivity contribution is 5.74. The van der Waals surface area contributed by atoms with Crippen molar-refractivity contribution >= 4 is 5.97 Å². The van der Waals surface area contributed by atoms with Gasteiger partial charge < -0.3 is 14.8 Å². The van der Waals surface area contributed by atoms with Gasteiger partial charge in [-0.3, -0.25) is 0 Å². The van der Waals surface area contributed by atoms with E-state index in [1.165, 1.54) is 19.2 Å². The van der Waals surface area contributed by atoms with Gasteiger partial charge in [0.25, 0.3) is 0 Å². The molecule has 1 aromatic rings. The second kappa shape index (κ2) is 6.70. The fourth-order valence-corrected chi connectivity index (χ4v) is 1.58. The van der Waals surface area contributed by atoms with Crippen molar-refractivity contribution in [3.05, 3.63) is 29.6 Å². The Morgan fingerprint density at radius 2 is 2.00 bits per heavy atom. The van der Waals surface area contributed by atoms with Crippen LogP contribution in [0.25, 0.3) is 0 Å². The molecule has 0 heterocycles. The van der Waals surface area contributed by atoms with E-state index in [-0.39, 0.29) is 5.54 Å². The number of esters is 1. The van der Waals surface area contributed by atoms with Crippen molar-refractivity contribution in [2.24, 2.45) is 0 Å². The molecule has 0 bridgehead atoms. The average molecular weight is 283 g/mol. The summed E-state index contributed by atoms with van der Waals surface area (Å²) >= 11 is 0. The molecule has 5 heteroatoms. The SMILES string of the molecule is COC(=O)C(C)Oc1cc(F)cc(CNC(C)(C)C)c1. The number of nitrogens with one attached hydrogen (secondary N) is 1. The van der Waals surface area contributed by atoms with Gasteiger partial charge in [0.15, 0.2) is 6.10 Å². The maximum atomic E-state index is 13.6. The number of halogens is 1. The minimum Gasteiger partial charge on any atom is -0.479 e. The molecule has 0 aliphatic heterocycles. The van der Waals surface area contributed by atoms with Crippen molar-refractivity contribution in [3.63, 3.8) is 0 Å². The van der Waals surface area contributed by atoms with Crippen LogP contribution < -0.4 is 10.1 Å². The van der Waals surface area contributed by atoms with E-state index in [1.807, 2.05) is 20.8 Å². The zero-order chi connectivity index (χ0) is 15.3. The fraction of sp³-hybridized carbons (Fsp3) is 0.533. The van der Waals surface area contributed by atoms with Gasteiger partial charge in [0.2, 0.25) is 0 Å². The highest BCUT2D eigenvalue weighted by atomic mass is 19.1. The van der Waals surface area contributed by atoms with E-state index < -0.39 is 17.9 Å². The van der Waals surface area contributed by atoms with Crippen LogP contribution in [-0.2, 0) is 16.1 Å². The van der Waals surface area contributed by atoms with Crippen molar-refractivity contribution < 1.29 is 18.7 Å². The van der Waals surface area contributed by atoms with Gasteiger partial charge in [0.1, 0.15) is 11.6 Å². The quantitative estimate of drug-likeness (QED) is 0.844. The number of hydrogen-bond acceptors (Lipinski definition) is 4. The number of benzene rings is 1. The predicted molar refractivity (Wildman–Crippen MR) is 75.1 cm³/mol. The Hall–Kier alpha value is -1.62. The Morgan fingerprint density at radius 3 is 2.55 bits per heavy atom. The standard InChI is InChI=1S/C15H22FNO3/c1-10(14(18)19-5)20-13-7-11(6-12(16)8-13)9-17-15(2,3)4/h6-8,10,17H,9H2,1-5H3. The summed E-state index contributed by atoms with van der Waals surface area (Å²) in [5.74, 6) is -0.581. The van der Waals surface area contributed by atoms with E-state index in [0.717, 1.165) is 5.56 Å². The maximum absolute atomic E-state index is 13.6. The lowest BCUT2D eigenvalue weighted by Gasteiger charge is -2.21. The van der Waals surface area contributed by atoms with Crippen molar-refractivity contribution in [2.45, 2.75) is 45.9 Å². The van der Waals surface area contributed by atoms with Crippen LogP contribution in [0, 0.1) is 5.82 Å². The van der Waals surface area contributed by atoms with Gasteiger partial charge in [0.05, 0.1) is 7.11 Å². The van der Waals surface area contributed by atoms with E-state index in [2.05, 4.69) is 10.1 Å². The van der Waals surface area contributed by atoms with Gasteiger partial charge in [-0.1, -0.05) is 0 Å². The van der Waals surface area contributed by atoms with Crippen molar-refractivity contribution in [1.82, 2.24) is 5.32 Å². The lowest BCUT2D eigenvalue weighted by atomic mass is 10.1. The summed E-state index contributed by atoms with van der Waals surface area (Å²) in [6.07, 6.45) is -0.773. The van der Waals surface area contributed by atoms with Crippen molar-refractivity contribution in [1.29, 1.82) is 0 Å². The van der Waals surface area contributed by atoms with Crippen LogP contribution in [0.4, 0.5) is 4.39 Å². The molecule has 0 aliphatic rings. The van der Waals surface area contributed by atoms with Gasteiger partial charge >= 0.3 is 5.97 Å². The van der Waals surface area contributed by atoms with E-state index in [0.29, 0.717) is 12.3 Å². The highest BCUT2D eigenvalue weighted by Gasteiger charge is 2.16. The summed E-state index contributed by atoms with van der Waals surface area (Å²) in [4.78, 5) is 11.3. The summed E-state index contributed by atoms with van der Waals surface area (Å²) in [6.45, 7) is 8.17. The molecule has 20 heavy (non-hydrogen) atoms. The molecule has 0 radical (unpaired) electrons. The van der Waals surface area contributed by atoms with Gasteiger partial charge in [-0.05, 0) is 45.4 Å². The molecule has 0 aromatic heterocycles. The molecule has 1 atom stereocenters. The van der Waals surface area contributed by atoms with Crippen LogP contribution in [-0.4, -0.2) is 24.7 Å². The molecule has 0 saturated carbocycles. The van der Waals surface area contributed by atoms with Crippen molar-refractivity contribution in [2.75, 3.05) is 7.11 Å². The highest BCUT2D eigenvalue weighted by Crippen LogP contribution is 2.18. The molecule has 1 unspecified atom stereocenters. The van der Waals surface area contributed by atoms with Crippen LogP contribution in [0.1, 0.15) is 33.3 Å². The van der Waals surface area contributed by atoms with Crippen LogP contribution in [0.15, 0.2) is 18.2 Å². The Kier molecular flexibility index (Phi) is 5.51. The normalized spacial score (nSPS) is 12.9. The lowest BCUT2D eigenvalue weighted by molar-refractivity contribution is -0.147. The number of ether oxygens (including phenoxy) is 2. The molecule has 1 aromatic carbocycles. The summed E-state index contributed by atoms with van der Waals surface area (Å²) in [5.41, 5.74) is 0.694. The third-order valence-corrected chi connectivity index (χ3v) is 2.60. The molecule has 0 amide bonds. The predicted octanol–water partition coefficient (Wildman–Crippen LogP) is 2.65. The molecule has 0 spiro atoms. The Labute approximate surface area is 119 Å². The number of methoxy groups -OCH3 is 1. The minimum atomic E-state index is -0.773. The summed E-state index contributed by atoms with van der Waals surface area (Å²) in [6, 6.07) is 4.40. The Bertz CT molecular complexity index is 469. The van der Waals surface area contributed by atoms with E-state index >= 15 is 0 Å². The Balaban J connectivity index is 2.78. The molecular formula is C15H22FNO3. The third-order valence-electron chi connectivity index (χ3n) is 2.60. The topological polar surface area (TPSA) is 47.6 Å². The van der Waals surface area contributed by atoms with Crippen LogP contribution >= 0.6 is 0 Å². The monoisotopic (exact) mass is 283 g/mol. The lowest BCUT2D eigenvalue weighted by Crippen LogP contribution is -2.35. The first kappa shape index (κ1) is 16.4. The van der Waals surface area contributed by atoms with Gasteiger partial charge in [-0.25, -0.2) is 9.18 Å². The molecule has 0 aliphatic carbocycles. The average Bonchev–Trinajstić information content (AvgIpc) is 2.33. The van der Waals surface area contributed by atoms with E-state index in [1.54, 1.807) is 13.0 Å². The number of carbonyl (C=O) groups excluding carboxylic acids is 1. The minimum absolute atomic E-state index is 0.0629. The molecule has 0 saturated heterocycles. The molecule has 112 valence electrons. The smallest absolute Gasteiger partial charge is 0.346 e. The van der Waals surface area contributed by atoms with Crippen molar-refractivity contribution in [3.8, 4) is 5.75 Å². The number of hydrogen-bond donors (Lipinski definition) is 1. The zero-order valence-corrected chi connectivity index (χ0v) is 12.6. The van der Waals surface area contributed by atoms with E-state index in [9.17, 15) is 9.18 Å². The molecule has 1 rings (SSSR count). The summed E-state index contributed by atoms with van der Waals surface area (Å²) < 4.78 is 23.5. The first-order valence-electron chi connectivity index (χ1n) is 6.50. The van der Waals surface area contributed by atoms with Crippen LogP contribution in [0.2, 0.25) is 0 Å². The molecule has 0 fully saturated rings. The van der Waals surface area contributed by atoms with Gasteiger partial charge in [-0.15, -0.1) is 0 Å². The summed E-state index contributed by atoms with van der Waals surface area (Å²) in [7, 11) is 1.28. The fourth-order valence-electron chi connectivity index (χ4n) is 1.58. The first-order chi connectivity index (χ1) is 9.21. The van der Waals surface area contributed by atoms with Crippen LogP contribution in [0.3, 0.4) is 0 Å².